The van der Waals surface area contributed by atoms with Crippen LogP contribution in [0.4, 0.5) is 17.6 Å². The summed E-state index contributed by atoms with van der Waals surface area (Å²) in [5, 5.41) is 3.19. The molecule has 0 aliphatic carbocycles. The van der Waals surface area contributed by atoms with Gasteiger partial charge in [0.2, 0.25) is 0 Å². The van der Waals surface area contributed by atoms with Gasteiger partial charge in [0, 0.05) is 37.8 Å². The molecule has 25 heavy (non-hydrogen) atoms. The van der Waals surface area contributed by atoms with Crippen LogP contribution < -0.4 is 5.32 Å². The van der Waals surface area contributed by atoms with Gasteiger partial charge in [-0.1, -0.05) is 19.9 Å². The van der Waals surface area contributed by atoms with Crippen molar-refractivity contribution in [3.63, 3.8) is 0 Å². The Morgan fingerprint density at radius 2 is 1.68 bits per heavy atom. The van der Waals surface area contributed by atoms with Crippen LogP contribution in [-0.2, 0) is 6.18 Å². The third-order valence-electron chi connectivity index (χ3n) is 4.30. The van der Waals surface area contributed by atoms with E-state index in [0.717, 1.165) is 24.6 Å². The van der Waals surface area contributed by atoms with Crippen molar-refractivity contribution in [2.75, 3.05) is 26.2 Å². The first-order valence-electron chi connectivity index (χ1n) is 8.11. The highest BCUT2D eigenvalue weighted by molar-refractivity contribution is 5.85. The van der Waals surface area contributed by atoms with Crippen molar-refractivity contribution in [3.05, 3.63) is 35.1 Å². The van der Waals surface area contributed by atoms with Crippen LogP contribution in [-0.4, -0.2) is 31.1 Å². The monoisotopic (exact) mass is 404 g/mol. The van der Waals surface area contributed by atoms with Crippen molar-refractivity contribution >= 4 is 24.8 Å². The van der Waals surface area contributed by atoms with Crippen LogP contribution in [0, 0.1) is 11.7 Å². The summed E-state index contributed by atoms with van der Waals surface area (Å²) in [5.41, 5.74) is -1.03. The van der Waals surface area contributed by atoms with E-state index in [1.807, 2.05) is 18.7 Å². The SMILES string of the molecule is CC(C)CC[C@H](c1c(F)cccc1C(F)(F)F)N1CCNCC1.Cl.Cl. The minimum atomic E-state index is -4.54. The average molecular weight is 405 g/mol. The minimum absolute atomic E-state index is 0. The van der Waals surface area contributed by atoms with Gasteiger partial charge in [-0.3, -0.25) is 4.90 Å². The number of nitrogens with one attached hydrogen (secondary N) is 1. The number of hydrogen-bond acceptors (Lipinski definition) is 2. The zero-order valence-corrected chi connectivity index (χ0v) is 16.0. The number of piperazine rings is 1. The Hall–Kier alpha value is -0.560. The molecule has 1 aliphatic rings. The molecule has 2 nitrogen and oxygen atoms in total. The maximum atomic E-state index is 14.4. The van der Waals surface area contributed by atoms with Gasteiger partial charge in [0.05, 0.1) is 5.56 Å². The lowest BCUT2D eigenvalue weighted by molar-refractivity contribution is -0.139. The van der Waals surface area contributed by atoms with Gasteiger partial charge >= 0.3 is 6.18 Å². The molecule has 1 atom stereocenters. The van der Waals surface area contributed by atoms with Gasteiger partial charge in [-0.15, -0.1) is 24.8 Å². The van der Waals surface area contributed by atoms with Crippen molar-refractivity contribution in [1.82, 2.24) is 10.2 Å². The molecule has 1 aliphatic heterocycles. The Kier molecular flexibility index (Phi) is 10.3. The Morgan fingerprint density at radius 1 is 1.08 bits per heavy atom. The summed E-state index contributed by atoms with van der Waals surface area (Å²) in [7, 11) is 0. The summed E-state index contributed by atoms with van der Waals surface area (Å²) in [4.78, 5) is 1.98. The molecule has 2 rings (SSSR count). The fraction of sp³-hybridized carbons (Fsp3) is 0.647. The molecule has 0 radical (unpaired) electrons. The van der Waals surface area contributed by atoms with E-state index in [2.05, 4.69) is 5.32 Å². The highest BCUT2D eigenvalue weighted by Crippen LogP contribution is 2.39. The normalized spacial score (nSPS) is 16.9. The highest BCUT2D eigenvalue weighted by Gasteiger charge is 2.38. The molecular weight excluding hydrogens is 379 g/mol. The Labute approximate surface area is 159 Å². The second kappa shape index (κ2) is 10.6. The third-order valence-corrected chi connectivity index (χ3v) is 4.30. The van der Waals surface area contributed by atoms with E-state index < -0.39 is 23.6 Å². The molecule has 0 aromatic heterocycles. The summed E-state index contributed by atoms with van der Waals surface area (Å²) in [6, 6.07) is 2.73. The molecule has 1 aromatic rings. The summed E-state index contributed by atoms with van der Waals surface area (Å²) in [6.45, 7) is 6.76. The van der Waals surface area contributed by atoms with E-state index in [-0.39, 0.29) is 30.4 Å². The number of alkyl halides is 3. The zero-order valence-electron chi connectivity index (χ0n) is 14.4. The second-order valence-corrected chi connectivity index (χ2v) is 6.47. The van der Waals surface area contributed by atoms with E-state index in [1.165, 1.54) is 0 Å². The van der Waals surface area contributed by atoms with E-state index in [4.69, 9.17) is 0 Å². The van der Waals surface area contributed by atoms with Gasteiger partial charge in [-0.05, 0) is 30.9 Å². The molecule has 1 heterocycles. The smallest absolute Gasteiger partial charge is 0.314 e. The lowest BCUT2D eigenvalue weighted by Crippen LogP contribution is -2.45. The summed E-state index contributed by atoms with van der Waals surface area (Å²) >= 11 is 0. The molecule has 146 valence electrons. The number of rotatable bonds is 5. The fourth-order valence-corrected chi connectivity index (χ4v) is 3.12. The molecular formula is C17H26Cl2F4N2. The van der Waals surface area contributed by atoms with Crippen LogP contribution in [0.1, 0.15) is 43.9 Å². The largest absolute Gasteiger partial charge is 0.416 e. The first-order valence-corrected chi connectivity index (χ1v) is 8.11. The van der Waals surface area contributed by atoms with Crippen molar-refractivity contribution in [2.45, 2.75) is 38.9 Å². The standard InChI is InChI=1S/C17H24F4N2.2ClH/c1-12(2)6-7-15(23-10-8-22-9-11-23)16-13(17(19,20)21)4-3-5-14(16)18;;/h3-5,12,15,22H,6-11H2,1-2H3;2*1H/t15-;;/m1../s1. The van der Waals surface area contributed by atoms with Crippen LogP contribution >= 0.6 is 24.8 Å². The van der Waals surface area contributed by atoms with Crippen molar-refractivity contribution in [3.8, 4) is 0 Å². The second-order valence-electron chi connectivity index (χ2n) is 6.47. The van der Waals surface area contributed by atoms with Gasteiger partial charge in [-0.25, -0.2) is 4.39 Å². The first kappa shape index (κ1) is 24.4. The van der Waals surface area contributed by atoms with Crippen LogP contribution in [0.25, 0.3) is 0 Å². The van der Waals surface area contributed by atoms with Crippen molar-refractivity contribution in [1.29, 1.82) is 0 Å². The number of benzene rings is 1. The van der Waals surface area contributed by atoms with E-state index in [1.54, 1.807) is 0 Å². The summed E-state index contributed by atoms with van der Waals surface area (Å²) in [6.07, 6.45) is -3.25. The van der Waals surface area contributed by atoms with Crippen molar-refractivity contribution in [2.24, 2.45) is 5.92 Å². The molecule has 1 aromatic carbocycles. The maximum Gasteiger partial charge on any atom is 0.416 e. The predicted octanol–water partition coefficient (Wildman–Crippen LogP) is 5.07. The maximum absolute atomic E-state index is 14.4. The Balaban J connectivity index is 0.00000288. The molecule has 1 N–H and O–H groups in total. The minimum Gasteiger partial charge on any atom is -0.314 e. The topological polar surface area (TPSA) is 15.3 Å². The number of nitrogens with zero attached hydrogens (tertiary/aromatic N) is 1. The molecule has 0 saturated carbocycles. The molecule has 1 saturated heterocycles. The van der Waals surface area contributed by atoms with Crippen LogP contribution in [0.15, 0.2) is 18.2 Å². The van der Waals surface area contributed by atoms with Gasteiger partial charge in [0.1, 0.15) is 5.82 Å². The molecule has 8 heteroatoms. The van der Waals surface area contributed by atoms with Gasteiger partial charge in [0.25, 0.3) is 0 Å². The Morgan fingerprint density at radius 3 is 2.20 bits per heavy atom. The predicted molar refractivity (Wildman–Crippen MR) is 97.2 cm³/mol. The molecule has 0 amide bonds. The molecule has 0 unspecified atom stereocenters. The lowest BCUT2D eigenvalue weighted by Gasteiger charge is -2.36. The lowest BCUT2D eigenvalue weighted by atomic mass is 9.91. The van der Waals surface area contributed by atoms with E-state index in [0.29, 0.717) is 38.5 Å². The quantitative estimate of drug-likeness (QED) is 0.689. The zero-order chi connectivity index (χ0) is 17.0. The van der Waals surface area contributed by atoms with Crippen molar-refractivity contribution < 1.29 is 17.6 Å². The highest BCUT2D eigenvalue weighted by atomic mass is 35.5. The third kappa shape index (κ3) is 6.59. The molecule has 0 bridgehead atoms. The van der Waals surface area contributed by atoms with E-state index in [9.17, 15) is 17.6 Å². The molecule has 0 spiro atoms. The number of halogens is 6. The summed E-state index contributed by atoms with van der Waals surface area (Å²) in [5.74, 6) is -0.395. The van der Waals surface area contributed by atoms with Gasteiger partial charge in [-0.2, -0.15) is 13.2 Å². The Bertz CT molecular complexity index is 518. The van der Waals surface area contributed by atoms with Crippen LogP contribution in [0.3, 0.4) is 0 Å². The van der Waals surface area contributed by atoms with Crippen LogP contribution in [0.2, 0.25) is 0 Å². The van der Waals surface area contributed by atoms with Crippen LogP contribution in [0.5, 0.6) is 0 Å². The van der Waals surface area contributed by atoms with Gasteiger partial charge in [0.15, 0.2) is 0 Å². The number of hydrogen-bond donors (Lipinski definition) is 1. The first-order chi connectivity index (χ1) is 10.8. The fourth-order valence-electron chi connectivity index (χ4n) is 3.12. The van der Waals surface area contributed by atoms with Gasteiger partial charge < -0.3 is 5.32 Å². The van der Waals surface area contributed by atoms with E-state index >= 15 is 0 Å². The molecule has 1 fully saturated rings. The summed E-state index contributed by atoms with van der Waals surface area (Å²) < 4.78 is 54.4. The average Bonchev–Trinajstić information content (AvgIpc) is 2.48.